The van der Waals surface area contributed by atoms with Crippen LogP contribution in [0.4, 0.5) is 5.69 Å². The number of hydrogen-bond acceptors (Lipinski definition) is 2. The average Bonchev–Trinajstić information content (AvgIpc) is 2.38. The lowest BCUT2D eigenvalue weighted by Crippen LogP contribution is -2.24. The van der Waals surface area contributed by atoms with Gasteiger partial charge < -0.3 is 10.2 Å². The summed E-state index contributed by atoms with van der Waals surface area (Å²) < 4.78 is 0. The van der Waals surface area contributed by atoms with Crippen molar-refractivity contribution in [2.45, 2.75) is 19.3 Å². The van der Waals surface area contributed by atoms with Gasteiger partial charge in [0.15, 0.2) is 0 Å². The van der Waals surface area contributed by atoms with Gasteiger partial charge in [0.1, 0.15) is 0 Å². The Hall–Kier alpha value is -1.26. The van der Waals surface area contributed by atoms with Crippen molar-refractivity contribution >= 4 is 40.7 Å². The third-order valence-electron chi connectivity index (χ3n) is 2.68. The van der Waals surface area contributed by atoms with Crippen LogP contribution < -0.4 is 5.32 Å². The van der Waals surface area contributed by atoms with Crippen molar-refractivity contribution in [1.82, 2.24) is 4.90 Å². The number of carbonyl (C=O) groups is 2. The van der Waals surface area contributed by atoms with Crippen LogP contribution in [-0.4, -0.2) is 36.7 Å². The molecule has 1 aromatic rings. The van der Waals surface area contributed by atoms with Gasteiger partial charge in [0, 0.05) is 31.4 Å². The quantitative estimate of drug-likeness (QED) is 0.646. The Morgan fingerprint density at radius 3 is 2.55 bits per heavy atom. The molecule has 4 nitrogen and oxygen atoms in total. The summed E-state index contributed by atoms with van der Waals surface area (Å²) in [5.41, 5.74) is 0.858. The van der Waals surface area contributed by atoms with E-state index < -0.39 is 0 Å². The molecule has 0 radical (unpaired) electrons. The Balaban J connectivity index is 2.84. The number of nitrogens with zero attached hydrogens (tertiary/aromatic N) is 1. The molecule has 0 atom stereocenters. The van der Waals surface area contributed by atoms with Crippen molar-refractivity contribution in [2.24, 2.45) is 0 Å². The van der Waals surface area contributed by atoms with Crippen molar-refractivity contribution in [3.05, 3.63) is 28.8 Å². The number of halogens is 2. The number of carbonyl (C=O) groups excluding carboxylic acids is 2. The minimum absolute atomic E-state index is 0.148. The Morgan fingerprint density at radius 1 is 1.25 bits per heavy atom. The number of benzene rings is 1. The van der Waals surface area contributed by atoms with Crippen LogP contribution in [0, 0.1) is 0 Å². The number of anilines is 1. The third kappa shape index (κ3) is 5.02. The Morgan fingerprint density at radius 2 is 1.95 bits per heavy atom. The Bertz CT molecular complexity index is 490. The number of unbranched alkanes of at least 4 members (excludes halogenated alkanes) is 1. The predicted molar refractivity (Wildman–Crippen MR) is 82.7 cm³/mol. The fourth-order valence-electron chi connectivity index (χ4n) is 1.64. The van der Waals surface area contributed by atoms with Crippen LogP contribution >= 0.6 is 23.2 Å². The van der Waals surface area contributed by atoms with E-state index in [9.17, 15) is 9.59 Å². The summed E-state index contributed by atoms with van der Waals surface area (Å²) in [5.74, 6) is 0.206. The van der Waals surface area contributed by atoms with Crippen molar-refractivity contribution < 1.29 is 9.59 Å². The highest BCUT2D eigenvalue weighted by Crippen LogP contribution is 2.22. The van der Waals surface area contributed by atoms with E-state index in [1.807, 2.05) is 0 Å². The standard InChI is InChI=1S/C14H18Cl2N2O2/c1-18(2)14(20)11-7-6-10(16)9-12(11)17-13(19)5-3-4-8-15/h6-7,9H,3-5,8H2,1-2H3,(H,17,19). The van der Waals surface area contributed by atoms with Gasteiger partial charge in [-0.25, -0.2) is 0 Å². The van der Waals surface area contributed by atoms with Crippen LogP contribution in [0.3, 0.4) is 0 Å². The SMILES string of the molecule is CN(C)C(=O)c1ccc(Cl)cc1NC(=O)CCCCCl. The minimum Gasteiger partial charge on any atom is -0.345 e. The molecular formula is C14H18Cl2N2O2. The second kappa shape index (κ2) is 8.12. The molecule has 1 N–H and O–H groups in total. The Labute approximate surface area is 129 Å². The summed E-state index contributed by atoms with van der Waals surface area (Å²) in [7, 11) is 3.31. The molecule has 2 amide bonds. The van der Waals surface area contributed by atoms with Crippen molar-refractivity contribution in [3.8, 4) is 0 Å². The van der Waals surface area contributed by atoms with Crippen LogP contribution in [0.2, 0.25) is 5.02 Å². The van der Waals surface area contributed by atoms with Crippen LogP contribution in [0.5, 0.6) is 0 Å². The number of nitrogens with one attached hydrogen (secondary N) is 1. The van der Waals surface area contributed by atoms with Gasteiger partial charge in [-0.2, -0.15) is 0 Å². The van der Waals surface area contributed by atoms with Crippen LogP contribution in [0.1, 0.15) is 29.6 Å². The zero-order chi connectivity index (χ0) is 15.1. The number of alkyl halides is 1. The van der Waals surface area contributed by atoms with Crippen LogP contribution in [0.25, 0.3) is 0 Å². The van der Waals surface area contributed by atoms with Gasteiger partial charge in [-0.3, -0.25) is 9.59 Å². The predicted octanol–water partition coefficient (Wildman–Crippen LogP) is 3.39. The van der Waals surface area contributed by atoms with Gasteiger partial charge in [0.05, 0.1) is 11.3 Å². The van der Waals surface area contributed by atoms with E-state index in [0.717, 1.165) is 6.42 Å². The van der Waals surface area contributed by atoms with Crippen molar-refractivity contribution in [1.29, 1.82) is 0 Å². The second-order valence-corrected chi connectivity index (χ2v) is 5.40. The molecule has 1 rings (SSSR count). The molecule has 1 aromatic carbocycles. The maximum atomic E-state index is 12.0. The molecule has 20 heavy (non-hydrogen) atoms. The number of rotatable bonds is 6. The smallest absolute Gasteiger partial charge is 0.255 e. The van der Waals surface area contributed by atoms with Crippen LogP contribution in [-0.2, 0) is 4.79 Å². The largest absolute Gasteiger partial charge is 0.345 e. The van der Waals surface area contributed by atoms with E-state index in [1.165, 1.54) is 4.90 Å². The first-order valence-corrected chi connectivity index (χ1v) is 7.24. The first kappa shape index (κ1) is 16.8. The highest BCUT2D eigenvalue weighted by molar-refractivity contribution is 6.31. The van der Waals surface area contributed by atoms with Gasteiger partial charge in [0.2, 0.25) is 5.91 Å². The lowest BCUT2D eigenvalue weighted by Gasteiger charge is -2.15. The summed E-state index contributed by atoms with van der Waals surface area (Å²) in [6.07, 6.45) is 1.87. The van der Waals surface area contributed by atoms with Crippen molar-refractivity contribution in [3.63, 3.8) is 0 Å². The molecule has 0 aliphatic carbocycles. The molecule has 0 unspecified atom stereocenters. The van der Waals surface area contributed by atoms with E-state index in [2.05, 4.69) is 5.32 Å². The van der Waals surface area contributed by atoms with Gasteiger partial charge in [-0.1, -0.05) is 11.6 Å². The topological polar surface area (TPSA) is 49.4 Å². The minimum atomic E-state index is -0.183. The number of amides is 2. The second-order valence-electron chi connectivity index (χ2n) is 4.58. The molecular weight excluding hydrogens is 299 g/mol. The highest BCUT2D eigenvalue weighted by Gasteiger charge is 2.15. The monoisotopic (exact) mass is 316 g/mol. The van der Waals surface area contributed by atoms with Gasteiger partial charge in [0.25, 0.3) is 5.91 Å². The molecule has 0 saturated heterocycles. The molecule has 0 aliphatic heterocycles. The molecule has 0 aliphatic rings. The fraction of sp³-hybridized carbons (Fsp3) is 0.429. The van der Waals surface area contributed by atoms with Gasteiger partial charge in [-0.15, -0.1) is 11.6 Å². The molecule has 0 fully saturated rings. The van der Waals surface area contributed by atoms with E-state index in [-0.39, 0.29) is 11.8 Å². The summed E-state index contributed by atoms with van der Waals surface area (Å²) in [6, 6.07) is 4.82. The van der Waals surface area contributed by atoms with Gasteiger partial charge in [-0.05, 0) is 31.0 Å². The van der Waals surface area contributed by atoms with Crippen molar-refractivity contribution in [2.75, 3.05) is 25.3 Å². The molecule has 0 aromatic heterocycles. The maximum absolute atomic E-state index is 12.0. The lowest BCUT2D eigenvalue weighted by atomic mass is 10.1. The normalized spacial score (nSPS) is 10.2. The molecule has 0 spiro atoms. The third-order valence-corrected chi connectivity index (χ3v) is 3.18. The first-order chi connectivity index (χ1) is 9.45. The fourth-order valence-corrected chi connectivity index (χ4v) is 2.00. The lowest BCUT2D eigenvalue weighted by molar-refractivity contribution is -0.116. The van der Waals surface area contributed by atoms with E-state index in [1.54, 1.807) is 32.3 Å². The summed E-state index contributed by atoms with van der Waals surface area (Å²) in [5, 5.41) is 3.20. The Kier molecular flexibility index (Phi) is 6.82. The summed E-state index contributed by atoms with van der Waals surface area (Å²) in [4.78, 5) is 25.3. The zero-order valence-corrected chi connectivity index (χ0v) is 13.1. The van der Waals surface area contributed by atoms with E-state index in [4.69, 9.17) is 23.2 Å². The molecule has 6 heteroatoms. The average molecular weight is 317 g/mol. The highest BCUT2D eigenvalue weighted by atomic mass is 35.5. The molecule has 0 bridgehead atoms. The molecule has 110 valence electrons. The zero-order valence-electron chi connectivity index (χ0n) is 11.6. The molecule has 0 heterocycles. The summed E-state index contributed by atoms with van der Waals surface area (Å²) >= 11 is 11.5. The first-order valence-electron chi connectivity index (χ1n) is 6.32. The molecule has 0 saturated carbocycles. The van der Waals surface area contributed by atoms with E-state index in [0.29, 0.717) is 35.0 Å². The van der Waals surface area contributed by atoms with E-state index >= 15 is 0 Å². The number of hydrogen-bond donors (Lipinski definition) is 1. The van der Waals surface area contributed by atoms with Gasteiger partial charge >= 0.3 is 0 Å². The summed E-state index contributed by atoms with van der Waals surface area (Å²) in [6.45, 7) is 0. The van der Waals surface area contributed by atoms with Crippen LogP contribution in [0.15, 0.2) is 18.2 Å². The maximum Gasteiger partial charge on any atom is 0.255 e.